The van der Waals surface area contributed by atoms with Gasteiger partial charge in [0, 0.05) is 32.3 Å². The van der Waals surface area contributed by atoms with Crippen LogP contribution in [0.4, 0.5) is 5.69 Å². The first kappa shape index (κ1) is 15.1. The Balaban J connectivity index is 2.25. The minimum atomic E-state index is -0.444. The lowest BCUT2D eigenvalue weighted by Gasteiger charge is -2.06. The molecule has 0 fully saturated rings. The van der Waals surface area contributed by atoms with Gasteiger partial charge in [0.1, 0.15) is 0 Å². The van der Waals surface area contributed by atoms with Crippen molar-refractivity contribution < 1.29 is 14.5 Å². The normalized spacial score (nSPS) is 10.2. The molecule has 7 heteroatoms. The molecule has 0 saturated heterocycles. The van der Waals surface area contributed by atoms with Gasteiger partial charge in [0.05, 0.1) is 18.1 Å². The average molecular weight is 267 g/mol. The fourth-order valence-electron chi connectivity index (χ4n) is 1.41. The molecule has 0 atom stereocenters. The predicted molar refractivity (Wildman–Crippen MR) is 69.7 cm³/mol. The topological polar surface area (TPSA) is 93.5 Å². The van der Waals surface area contributed by atoms with Crippen LogP contribution < -0.4 is 10.6 Å². The molecule has 0 bridgehead atoms. The van der Waals surface area contributed by atoms with Crippen LogP contribution in [-0.2, 0) is 16.1 Å². The molecule has 0 aliphatic heterocycles. The molecule has 1 rings (SSSR count). The second kappa shape index (κ2) is 8.17. The predicted octanol–water partition coefficient (Wildman–Crippen LogP) is 0.447. The minimum Gasteiger partial charge on any atom is -0.383 e. The van der Waals surface area contributed by atoms with Gasteiger partial charge in [0.25, 0.3) is 5.69 Å². The summed E-state index contributed by atoms with van der Waals surface area (Å²) in [6.07, 6.45) is 0. The van der Waals surface area contributed by atoms with Crippen LogP contribution in [0, 0.1) is 10.1 Å². The molecule has 0 unspecified atom stereocenters. The van der Waals surface area contributed by atoms with Gasteiger partial charge >= 0.3 is 0 Å². The van der Waals surface area contributed by atoms with Gasteiger partial charge in [-0.05, 0) is 5.56 Å². The summed E-state index contributed by atoms with van der Waals surface area (Å²) in [5.74, 6) is -0.112. The lowest BCUT2D eigenvalue weighted by Crippen LogP contribution is -2.35. The lowest BCUT2D eigenvalue weighted by atomic mass is 10.2. The number of nitrogens with zero attached hydrogens (tertiary/aromatic N) is 1. The SMILES string of the molecule is COCCNC(=O)CNCc1ccc([N+](=O)[O-])cc1. The van der Waals surface area contributed by atoms with Crippen molar-refractivity contribution in [3.8, 4) is 0 Å². The highest BCUT2D eigenvalue weighted by Gasteiger charge is 2.04. The Bertz CT molecular complexity index is 419. The Labute approximate surface area is 111 Å². The van der Waals surface area contributed by atoms with Gasteiger partial charge in [-0.25, -0.2) is 0 Å². The molecule has 0 saturated carbocycles. The van der Waals surface area contributed by atoms with Crippen molar-refractivity contribution in [3.05, 3.63) is 39.9 Å². The number of non-ortho nitro benzene ring substituents is 1. The molecule has 0 aliphatic rings. The Morgan fingerprint density at radius 2 is 2.05 bits per heavy atom. The summed E-state index contributed by atoms with van der Waals surface area (Å²) in [5.41, 5.74) is 0.941. The second-order valence-electron chi connectivity index (χ2n) is 3.87. The van der Waals surface area contributed by atoms with E-state index >= 15 is 0 Å². The maximum Gasteiger partial charge on any atom is 0.269 e. The van der Waals surface area contributed by atoms with Crippen LogP contribution in [0.25, 0.3) is 0 Å². The molecule has 1 aromatic carbocycles. The van der Waals surface area contributed by atoms with Crippen molar-refractivity contribution in [2.75, 3.05) is 26.8 Å². The Hall–Kier alpha value is -1.99. The van der Waals surface area contributed by atoms with Crippen molar-refractivity contribution in [3.63, 3.8) is 0 Å². The van der Waals surface area contributed by atoms with E-state index in [1.54, 1.807) is 19.2 Å². The second-order valence-corrected chi connectivity index (χ2v) is 3.87. The van der Waals surface area contributed by atoms with E-state index in [1.165, 1.54) is 12.1 Å². The number of ether oxygens (including phenoxy) is 1. The van der Waals surface area contributed by atoms with Crippen LogP contribution in [0.3, 0.4) is 0 Å². The van der Waals surface area contributed by atoms with Crippen molar-refractivity contribution in [1.82, 2.24) is 10.6 Å². The highest BCUT2D eigenvalue weighted by atomic mass is 16.6. The first-order valence-electron chi connectivity index (χ1n) is 5.83. The van der Waals surface area contributed by atoms with E-state index in [0.717, 1.165) is 5.56 Å². The van der Waals surface area contributed by atoms with E-state index < -0.39 is 4.92 Å². The van der Waals surface area contributed by atoms with Gasteiger partial charge in [-0.1, -0.05) is 12.1 Å². The molecule has 0 radical (unpaired) electrons. The first-order chi connectivity index (χ1) is 9.13. The number of benzene rings is 1. The highest BCUT2D eigenvalue weighted by molar-refractivity contribution is 5.77. The minimum absolute atomic E-state index is 0.0565. The van der Waals surface area contributed by atoms with Gasteiger partial charge in [-0.2, -0.15) is 0 Å². The molecule has 1 aromatic rings. The lowest BCUT2D eigenvalue weighted by molar-refractivity contribution is -0.384. The fourth-order valence-corrected chi connectivity index (χ4v) is 1.41. The Kier molecular flexibility index (Phi) is 6.48. The molecule has 0 aromatic heterocycles. The summed E-state index contributed by atoms with van der Waals surface area (Å²) < 4.78 is 4.81. The number of nitro groups is 1. The number of nitrogens with one attached hydrogen (secondary N) is 2. The average Bonchev–Trinajstić information content (AvgIpc) is 2.39. The highest BCUT2D eigenvalue weighted by Crippen LogP contribution is 2.11. The molecule has 0 spiro atoms. The van der Waals surface area contributed by atoms with E-state index in [2.05, 4.69) is 10.6 Å². The first-order valence-corrected chi connectivity index (χ1v) is 5.83. The van der Waals surface area contributed by atoms with Gasteiger partial charge in [0.2, 0.25) is 5.91 Å². The molecule has 0 heterocycles. The number of methoxy groups -OCH3 is 1. The zero-order valence-electron chi connectivity index (χ0n) is 10.7. The third kappa shape index (κ3) is 5.94. The van der Waals surface area contributed by atoms with Crippen LogP contribution in [0.2, 0.25) is 0 Å². The molecular weight excluding hydrogens is 250 g/mol. The van der Waals surface area contributed by atoms with Crippen LogP contribution >= 0.6 is 0 Å². The smallest absolute Gasteiger partial charge is 0.269 e. The van der Waals surface area contributed by atoms with Crippen molar-refractivity contribution in [1.29, 1.82) is 0 Å². The number of carbonyl (C=O) groups excluding carboxylic acids is 1. The largest absolute Gasteiger partial charge is 0.383 e. The van der Waals surface area contributed by atoms with Gasteiger partial charge in [0.15, 0.2) is 0 Å². The molecule has 2 N–H and O–H groups in total. The van der Waals surface area contributed by atoms with Crippen LogP contribution in [0.5, 0.6) is 0 Å². The molecule has 0 aliphatic carbocycles. The maximum absolute atomic E-state index is 11.3. The van der Waals surface area contributed by atoms with E-state index in [9.17, 15) is 14.9 Å². The summed E-state index contributed by atoms with van der Waals surface area (Å²) in [7, 11) is 1.57. The van der Waals surface area contributed by atoms with Crippen LogP contribution in [0.1, 0.15) is 5.56 Å². The zero-order valence-corrected chi connectivity index (χ0v) is 10.7. The van der Waals surface area contributed by atoms with Gasteiger partial charge in [-0.3, -0.25) is 14.9 Å². The molecular formula is C12H17N3O4. The standard InChI is InChI=1S/C12H17N3O4/c1-19-7-6-14-12(16)9-13-8-10-2-4-11(5-3-10)15(17)18/h2-5,13H,6-9H2,1H3,(H,14,16). The van der Waals surface area contributed by atoms with E-state index in [0.29, 0.717) is 19.7 Å². The number of nitro benzene ring substituents is 1. The molecule has 1 amide bonds. The van der Waals surface area contributed by atoms with E-state index in [4.69, 9.17) is 4.74 Å². The summed E-state index contributed by atoms with van der Waals surface area (Å²) >= 11 is 0. The summed E-state index contributed by atoms with van der Waals surface area (Å²) in [6.45, 7) is 1.64. The van der Waals surface area contributed by atoms with Crippen molar-refractivity contribution in [2.24, 2.45) is 0 Å². The number of rotatable bonds is 8. The number of hydrogen-bond acceptors (Lipinski definition) is 5. The van der Waals surface area contributed by atoms with Crippen LogP contribution in [-0.4, -0.2) is 37.6 Å². The molecule has 7 nitrogen and oxygen atoms in total. The number of carbonyl (C=O) groups is 1. The third-order valence-corrected chi connectivity index (χ3v) is 2.39. The van der Waals surface area contributed by atoms with Gasteiger partial charge in [-0.15, -0.1) is 0 Å². The fraction of sp³-hybridized carbons (Fsp3) is 0.417. The molecule has 104 valence electrons. The number of amides is 1. The van der Waals surface area contributed by atoms with E-state index in [-0.39, 0.29) is 18.1 Å². The summed E-state index contributed by atoms with van der Waals surface area (Å²) in [4.78, 5) is 21.4. The Morgan fingerprint density at radius 3 is 2.63 bits per heavy atom. The quantitative estimate of drug-likeness (QED) is 0.405. The summed E-state index contributed by atoms with van der Waals surface area (Å²) in [6, 6.07) is 6.20. The van der Waals surface area contributed by atoms with Crippen LogP contribution in [0.15, 0.2) is 24.3 Å². The third-order valence-electron chi connectivity index (χ3n) is 2.39. The van der Waals surface area contributed by atoms with E-state index in [1.807, 2.05) is 0 Å². The van der Waals surface area contributed by atoms with Crippen molar-refractivity contribution in [2.45, 2.75) is 6.54 Å². The zero-order chi connectivity index (χ0) is 14.1. The number of hydrogen-bond donors (Lipinski definition) is 2. The van der Waals surface area contributed by atoms with Gasteiger partial charge < -0.3 is 15.4 Å². The Morgan fingerprint density at radius 1 is 1.37 bits per heavy atom. The monoisotopic (exact) mass is 267 g/mol. The summed E-state index contributed by atoms with van der Waals surface area (Å²) in [5, 5.41) is 16.1. The molecule has 19 heavy (non-hydrogen) atoms. The van der Waals surface area contributed by atoms with Crippen molar-refractivity contribution >= 4 is 11.6 Å². The maximum atomic E-state index is 11.3.